The molecule has 0 N–H and O–H groups in total. The largest absolute Gasteiger partial charge is 0.383 e. The summed E-state index contributed by atoms with van der Waals surface area (Å²) in [4.78, 5) is 2.31. The molecule has 0 aromatic rings. The fourth-order valence-corrected chi connectivity index (χ4v) is 0.838. The van der Waals surface area contributed by atoms with E-state index in [2.05, 4.69) is 25.8 Å². The fraction of sp³-hybridized carbons (Fsp3) is 1.00. The number of ether oxygens (including phenoxy) is 1. The molecule has 0 heterocycles. The van der Waals surface area contributed by atoms with Crippen LogP contribution in [-0.2, 0) is 4.74 Å². The predicted octanol–water partition coefficient (Wildman–Crippen LogP) is 2.64. The monoisotopic (exact) mass is 189 g/mol. The minimum absolute atomic E-state index is 0.806. The molecule has 2 heteroatoms. The molecule has 0 rings (SSSR count). The molecule has 0 spiro atoms. The van der Waals surface area contributed by atoms with Crippen molar-refractivity contribution in [3.05, 3.63) is 0 Å². The van der Waals surface area contributed by atoms with Crippen molar-refractivity contribution in [1.82, 2.24) is 4.90 Å². The van der Waals surface area contributed by atoms with Crippen molar-refractivity contribution in [2.75, 3.05) is 33.9 Å². The molecule has 0 unspecified atom stereocenters. The average Bonchev–Trinajstić information content (AvgIpc) is 2.14. The van der Waals surface area contributed by atoms with Crippen LogP contribution >= 0.6 is 0 Å². The van der Waals surface area contributed by atoms with Crippen molar-refractivity contribution in [3.63, 3.8) is 0 Å². The van der Waals surface area contributed by atoms with Gasteiger partial charge in [-0.05, 0) is 25.9 Å². The minimum atomic E-state index is 0.806. The second kappa shape index (κ2) is 11.9. The lowest BCUT2D eigenvalue weighted by Crippen LogP contribution is -2.24. The van der Waals surface area contributed by atoms with Crippen LogP contribution in [0.15, 0.2) is 0 Å². The Labute approximate surface area is 84.3 Å². The standard InChI is InChI=1S/C9H21NO.C2H6/c1-9(2)5-6-10(3)7-8-11-4;1-2/h9H,5-8H2,1-4H3;1-2H3. The fourth-order valence-electron chi connectivity index (χ4n) is 0.838. The smallest absolute Gasteiger partial charge is 0.0589 e. The molecule has 2 nitrogen and oxygen atoms in total. The van der Waals surface area contributed by atoms with Crippen LogP contribution in [0.2, 0.25) is 0 Å². The summed E-state index contributed by atoms with van der Waals surface area (Å²) in [5.74, 6) is 0.806. The van der Waals surface area contributed by atoms with Gasteiger partial charge < -0.3 is 9.64 Å². The van der Waals surface area contributed by atoms with E-state index >= 15 is 0 Å². The average molecular weight is 189 g/mol. The summed E-state index contributed by atoms with van der Waals surface area (Å²) in [6.07, 6.45) is 1.28. The Kier molecular flexibility index (Phi) is 14.1. The van der Waals surface area contributed by atoms with Crippen LogP contribution in [-0.4, -0.2) is 38.8 Å². The summed E-state index contributed by atoms with van der Waals surface area (Å²) >= 11 is 0. The Morgan fingerprint density at radius 3 is 2.08 bits per heavy atom. The normalized spacial score (nSPS) is 10.2. The number of nitrogens with zero attached hydrogens (tertiary/aromatic N) is 1. The van der Waals surface area contributed by atoms with E-state index < -0.39 is 0 Å². The van der Waals surface area contributed by atoms with Gasteiger partial charge in [0.25, 0.3) is 0 Å². The first-order valence-corrected chi connectivity index (χ1v) is 5.34. The SMILES string of the molecule is CC.COCCN(C)CCC(C)C. The van der Waals surface area contributed by atoms with Gasteiger partial charge in [-0.3, -0.25) is 0 Å². The molecule has 0 aliphatic carbocycles. The van der Waals surface area contributed by atoms with E-state index in [1.54, 1.807) is 7.11 Å². The third-order valence-electron chi connectivity index (χ3n) is 1.77. The number of likely N-dealkylation sites (N-methyl/N-ethyl adjacent to an activating group) is 1. The maximum atomic E-state index is 4.98. The Morgan fingerprint density at radius 1 is 1.15 bits per heavy atom. The topological polar surface area (TPSA) is 12.5 Å². The molecule has 0 aromatic carbocycles. The molecule has 0 saturated heterocycles. The van der Waals surface area contributed by atoms with Gasteiger partial charge in [0.1, 0.15) is 0 Å². The van der Waals surface area contributed by atoms with Crippen LogP contribution in [0.3, 0.4) is 0 Å². The molecule has 13 heavy (non-hydrogen) atoms. The molecular weight excluding hydrogens is 162 g/mol. The van der Waals surface area contributed by atoms with E-state index in [0.717, 1.165) is 19.1 Å². The van der Waals surface area contributed by atoms with Gasteiger partial charge in [0.2, 0.25) is 0 Å². The van der Waals surface area contributed by atoms with E-state index in [1.165, 1.54) is 13.0 Å². The van der Waals surface area contributed by atoms with Crippen molar-refractivity contribution >= 4 is 0 Å². The van der Waals surface area contributed by atoms with E-state index in [-0.39, 0.29) is 0 Å². The minimum Gasteiger partial charge on any atom is -0.383 e. The van der Waals surface area contributed by atoms with E-state index in [4.69, 9.17) is 4.74 Å². The maximum Gasteiger partial charge on any atom is 0.0589 e. The lowest BCUT2D eigenvalue weighted by atomic mass is 10.1. The second-order valence-corrected chi connectivity index (χ2v) is 3.48. The van der Waals surface area contributed by atoms with Gasteiger partial charge in [0.05, 0.1) is 6.61 Å². The molecule has 0 saturated carbocycles. The molecule has 0 aliphatic heterocycles. The summed E-state index contributed by atoms with van der Waals surface area (Å²) in [5, 5.41) is 0. The van der Waals surface area contributed by atoms with Crippen molar-refractivity contribution in [2.45, 2.75) is 34.1 Å². The molecule has 82 valence electrons. The van der Waals surface area contributed by atoms with Crippen LogP contribution in [0.5, 0.6) is 0 Å². The molecule has 0 aromatic heterocycles. The first kappa shape index (κ1) is 15.4. The Bertz CT molecular complexity index is 84.2. The zero-order valence-electron chi connectivity index (χ0n) is 10.3. The quantitative estimate of drug-likeness (QED) is 0.637. The number of hydrogen-bond acceptors (Lipinski definition) is 2. The van der Waals surface area contributed by atoms with Crippen molar-refractivity contribution in [3.8, 4) is 0 Å². The Hall–Kier alpha value is -0.0800. The van der Waals surface area contributed by atoms with Crippen LogP contribution < -0.4 is 0 Å². The highest BCUT2D eigenvalue weighted by atomic mass is 16.5. The van der Waals surface area contributed by atoms with Crippen LogP contribution in [0.1, 0.15) is 34.1 Å². The summed E-state index contributed by atoms with van der Waals surface area (Å²) in [6.45, 7) is 11.6. The number of methoxy groups -OCH3 is 1. The van der Waals surface area contributed by atoms with Gasteiger partial charge in [-0.2, -0.15) is 0 Å². The Morgan fingerprint density at radius 2 is 1.69 bits per heavy atom. The summed E-state index contributed by atoms with van der Waals surface area (Å²) in [7, 11) is 3.89. The first-order valence-electron chi connectivity index (χ1n) is 5.34. The van der Waals surface area contributed by atoms with Gasteiger partial charge in [-0.25, -0.2) is 0 Å². The van der Waals surface area contributed by atoms with Gasteiger partial charge in [-0.15, -0.1) is 0 Å². The lowest BCUT2D eigenvalue weighted by Gasteiger charge is -2.16. The van der Waals surface area contributed by atoms with Crippen molar-refractivity contribution in [1.29, 1.82) is 0 Å². The zero-order valence-corrected chi connectivity index (χ0v) is 10.3. The molecule has 0 aliphatic rings. The van der Waals surface area contributed by atoms with Crippen molar-refractivity contribution in [2.24, 2.45) is 5.92 Å². The van der Waals surface area contributed by atoms with E-state index in [9.17, 15) is 0 Å². The molecule has 0 fully saturated rings. The van der Waals surface area contributed by atoms with Gasteiger partial charge in [0, 0.05) is 13.7 Å². The third-order valence-corrected chi connectivity index (χ3v) is 1.77. The first-order chi connectivity index (χ1) is 6.16. The second-order valence-electron chi connectivity index (χ2n) is 3.48. The van der Waals surface area contributed by atoms with Crippen LogP contribution in [0, 0.1) is 5.92 Å². The molecular formula is C11H27NO. The summed E-state index contributed by atoms with van der Waals surface area (Å²) in [6, 6.07) is 0. The zero-order chi connectivity index (χ0) is 10.7. The van der Waals surface area contributed by atoms with Gasteiger partial charge >= 0.3 is 0 Å². The van der Waals surface area contributed by atoms with Gasteiger partial charge in [-0.1, -0.05) is 27.7 Å². The van der Waals surface area contributed by atoms with E-state index in [0.29, 0.717) is 0 Å². The molecule has 0 amide bonds. The Balaban J connectivity index is 0. The van der Waals surface area contributed by atoms with E-state index in [1.807, 2.05) is 13.8 Å². The summed E-state index contributed by atoms with van der Waals surface area (Å²) in [5.41, 5.74) is 0. The highest BCUT2D eigenvalue weighted by molar-refractivity contribution is 4.52. The highest BCUT2D eigenvalue weighted by Gasteiger charge is 1.98. The molecule has 0 radical (unpaired) electrons. The lowest BCUT2D eigenvalue weighted by molar-refractivity contribution is 0.158. The maximum absolute atomic E-state index is 4.98. The number of hydrogen-bond donors (Lipinski definition) is 0. The molecule has 0 atom stereocenters. The third kappa shape index (κ3) is 14.7. The summed E-state index contributed by atoms with van der Waals surface area (Å²) < 4.78 is 4.98. The van der Waals surface area contributed by atoms with Gasteiger partial charge in [0.15, 0.2) is 0 Å². The highest BCUT2D eigenvalue weighted by Crippen LogP contribution is 1.99. The van der Waals surface area contributed by atoms with Crippen molar-refractivity contribution < 1.29 is 4.74 Å². The van der Waals surface area contributed by atoms with Crippen LogP contribution in [0.25, 0.3) is 0 Å². The number of rotatable bonds is 6. The van der Waals surface area contributed by atoms with Crippen LogP contribution in [0.4, 0.5) is 0 Å². The predicted molar refractivity (Wildman–Crippen MR) is 60.2 cm³/mol. The molecule has 0 bridgehead atoms.